The van der Waals surface area contributed by atoms with Crippen LogP contribution >= 0.6 is 0 Å². The molecule has 2 fully saturated rings. The number of hydrogen-bond donors (Lipinski definition) is 2. The lowest BCUT2D eigenvalue weighted by Gasteiger charge is -2.38. The molecule has 2 N–H and O–H groups in total. The Morgan fingerprint density at radius 3 is 2.42 bits per heavy atom. The number of hydrogen-bond acceptors (Lipinski definition) is 3. The van der Waals surface area contributed by atoms with E-state index in [1.165, 1.54) is 0 Å². The highest BCUT2D eigenvalue weighted by molar-refractivity contribution is 5.85. The van der Waals surface area contributed by atoms with Gasteiger partial charge in [0.2, 0.25) is 5.91 Å². The third-order valence-corrected chi connectivity index (χ3v) is 4.48. The fourth-order valence-corrected chi connectivity index (χ4v) is 3.02. The number of carboxylic acids is 1. The number of aliphatic carboxylic acids is 1. The lowest BCUT2D eigenvalue weighted by atomic mass is 9.88. The molecule has 0 bridgehead atoms. The predicted molar refractivity (Wildman–Crippen MR) is 69.6 cm³/mol. The van der Waals surface area contributed by atoms with Gasteiger partial charge in [-0.25, -0.2) is 0 Å². The summed E-state index contributed by atoms with van der Waals surface area (Å²) < 4.78 is 5.14. The molecule has 3 atom stereocenters. The number of rotatable bonds is 5. The summed E-state index contributed by atoms with van der Waals surface area (Å²) in [6.07, 6.45) is 2.27. The van der Waals surface area contributed by atoms with Gasteiger partial charge in [0.15, 0.2) is 0 Å². The summed E-state index contributed by atoms with van der Waals surface area (Å²) in [5, 5.41) is 12.1. The standard InChI is InChI=1S/C14H23NO4/c1-3-9-4-10(11(5-9)13(17)18)12(16)15-6-14(2)7-19-8-14/h9-11H,3-8H2,1-2H3,(H,15,16)(H,17,18). The van der Waals surface area contributed by atoms with Gasteiger partial charge in [-0.15, -0.1) is 0 Å². The molecule has 1 saturated heterocycles. The maximum Gasteiger partial charge on any atom is 0.307 e. The second-order valence-electron chi connectivity index (χ2n) is 6.32. The summed E-state index contributed by atoms with van der Waals surface area (Å²) in [6.45, 7) is 6.02. The first-order valence-corrected chi connectivity index (χ1v) is 7.03. The molecule has 19 heavy (non-hydrogen) atoms. The molecule has 3 unspecified atom stereocenters. The van der Waals surface area contributed by atoms with Gasteiger partial charge in [-0.1, -0.05) is 20.3 Å². The summed E-state index contributed by atoms with van der Waals surface area (Å²) in [7, 11) is 0. The minimum atomic E-state index is -0.839. The lowest BCUT2D eigenvalue weighted by Crippen LogP contribution is -2.50. The van der Waals surface area contributed by atoms with Gasteiger partial charge < -0.3 is 15.2 Å². The average molecular weight is 269 g/mol. The van der Waals surface area contributed by atoms with E-state index in [4.69, 9.17) is 4.74 Å². The Hall–Kier alpha value is -1.10. The second-order valence-corrected chi connectivity index (χ2v) is 6.32. The zero-order chi connectivity index (χ0) is 14.0. The summed E-state index contributed by atoms with van der Waals surface area (Å²) in [5.41, 5.74) is 0.0249. The van der Waals surface area contributed by atoms with Crippen molar-refractivity contribution in [1.82, 2.24) is 5.32 Å². The van der Waals surface area contributed by atoms with Crippen molar-refractivity contribution in [1.29, 1.82) is 0 Å². The van der Waals surface area contributed by atoms with Crippen molar-refractivity contribution in [2.24, 2.45) is 23.2 Å². The number of carbonyl (C=O) groups excluding carboxylic acids is 1. The SMILES string of the molecule is CCC1CC(C(=O)O)C(C(=O)NCC2(C)COC2)C1. The zero-order valence-corrected chi connectivity index (χ0v) is 11.6. The van der Waals surface area contributed by atoms with Gasteiger partial charge in [0.1, 0.15) is 0 Å². The van der Waals surface area contributed by atoms with Crippen molar-refractivity contribution in [3.05, 3.63) is 0 Å². The monoisotopic (exact) mass is 269 g/mol. The number of amides is 1. The van der Waals surface area contributed by atoms with E-state index in [1.807, 2.05) is 0 Å². The van der Waals surface area contributed by atoms with Crippen LogP contribution in [0.2, 0.25) is 0 Å². The van der Waals surface area contributed by atoms with Crippen LogP contribution in [0, 0.1) is 23.2 Å². The first-order valence-electron chi connectivity index (χ1n) is 7.03. The number of carboxylic acid groups (broad SMARTS) is 1. The van der Waals surface area contributed by atoms with Crippen molar-refractivity contribution in [2.75, 3.05) is 19.8 Å². The largest absolute Gasteiger partial charge is 0.481 e. The topological polar surface area (TPSA) is 75.6 Å². The van der Waals surface area contributed by atoms with Crippen LogP contribution in [-0.4, -0.2) is 36.7 Å². The Balaban J connectivity index is 1.91. The molecule has 5 heteroatoms. The van der Waals surface area contributed by atoms with Crippen LogP contribution in [0.1, 0.15) is 33.1 Å². The Kier molecular flexibility index (Phi) is 4.13. The Bertz CT molecular complexity index is 364. The molecule has 1 aliphatic carbocycles. The van der Waals surface area contributed by atoms with Gasteiger partial charge >= 0.3 is 5.97 Å². The molecule has 0 aromatic carbocycles. The van der Waals surface area contributed by atoms with E-state index in [1.54, 1.807) is 0 Å². The molecule has 1 aliphatic heterocycles. The van der Waals surface area contributed by atoms with Gasteiger partial charge in [-0.2, -0.15) is 0 Å². The van der Waals surface area contributed by atoms with E-state index in [2.05, 4.69) is 19.2 Å². The van der Waals surface area contributed by atoms with E-state index in [0.29, 0.717) is 38.5 Å². The molecule has 0 radical (unpaired) electrons. The molecular formula is C14H23NO4. The number of ether oxygens (including phenoxy) is 1. The summed E-state index contributed by atoms with van der Waals surface area (Å²) >= 11 is 0. The average Bonchev–Trinajstić information content (AvgIpc) is 2.78. The minimum Gasteiger partial charge on any atom is -0.481 e. The van der Waals surface area contributed by atoms with E-state index in [-0.39, 0.29) is 17.2 Å². The van der Waals surface area contributed by atoms with Crippen LogP contribution < -0.4 is 5.32 Å². The quantitative estimate of drug-likeness (QED) is 0.788. The van der Waals surface area contributed by atoms with Crippen molar-refractivity contribution in [3.63, 3.8) is 0 Å². The normalized spacial score (nSPS) is 32.6. The maximum atomic E-state index is 12.2. The molecule has 1 saturated carbocycles. The molecule has 2 aliphatic rings. The van der Waals surface area contributed by atoms with Crippen LogP contribution in [0.15, 0.2) is 0 Å². The van der Waals surface area contributed by atoms with Crippen molar-refractivity contribution < 1.29 is 19.4 Å². The molecule has 5 nitrogen and oxygen atoms in total. The van der Waals surface area contributed by atoms with E-state index >= 15 is 0 Å². The van der Waals surface area contributed by atoms with Crippen LogP contribution in [0.5, 0.6) is 0 Å². The number of nitrogens with one attached hydrogen (secondary N) is 1. The second kappa shape index (κ2) is 5.49. The van der Waals surface area contributed by atoms with Crippen molar-refractivity contribution in [2.45, 2.75) is 33.1 Å². The van der Waals surface area contributed by atoms with E-state index < -0.39 is 11.9 Å². The van der Waals surface area contributed by atoms with Crippen LogP contribution in [0.4, 0.5) is 0 Å². The molecule has 108 valence electrons. The fourth-order valence-electron chi connectivity index (χ4n) is 3.02. The molecule has 0 aromatic rings. The molecule has 1 amide bonds. The number of carbonyl (C=O) groups is 2. The highest BCUT2D eigenvalue weighted by Gasteiger charge is 2.43. The van der Waals surface area contributed by atoms with Gasteiger partial charge in [-0.05, 0) is 18.8 Å². The molecule has 2 rings (SSSR count). The third kappa shape index (κ3) is 3.08. The fraction of sp³-hybridized carbons (Fsp3) is 0.857. The molecule has 1 heterocycles. The summed E-state index contributed by atoms with van der Waals surface area (Å²) in [4.78, 5) is 23.4. The summed E-state index contributed by atoms with van der Waals surface area (Å²) in [6, 6.07) is 0. The van der Waals surface area contributed by atoms with Crippen molar-refractivity contribution >= 4 is 11.9 Å². The highest BCUT2D eigenvalue weighted by Crippen LogP contribution is 2.38. The third-order valence-electron chi connectivity index (χ3n) is 4.48. The smallest absolute Gasteiger partial charge is 0.307 e. The van der Waals surface area contributed by atoms with Crippen LogP contribution in [0.3, 0.4) is 0 Å². The van der Waals surface area contributed by atoms with Crippen LogP contribution in [-0.2, 0) is 14.3 Å². The lowest BCUT2D eigenvalue weighted by molar-refractivity contribution is -0.146. The molecular weight excluding hydrogens is 246 g/mol. The zero-order valence-electron chi connectivity index (χ0n) is 11.6. The molecule has 0 spiro atoms. The predicted octanol–water partition coefficient (Wildman–Crippen LogP) is 1.28. The van der Waals surface area contributed by atoms with Gasteiger partial charge in [0.25, 0.3) is 0 Å². The Morgan fingerprint density at radius 1 is 1.32 bits per heavy atom. The first kappa shape index (κ1) is 14.3. The maximum absolute atomic E-state index is 12.2. The Morgan fingerprint density at radius 2 is 1.95 bits per heavy atom. The van der Waals surface area contributed by atoms with E-state index in [0.717, 1.165) is 6.42 Å². The van der Waals surface area contributed by atoms with Crippen molar-refractivity contribution in [3.8, 4) is 0 Å². The van der Waals surface area contributed by atoms with Gasteiger partial charge in [0, 0.05) is 12.0 Å². The van der Waals surface area contributed by atoms with E-state index in [9.17, 15) is 14.7 Å². The first-order chi connectivity index (χ1) is 8.95. The van der Waals surface area contributed by atoms with Gasteiger partial charge in [-0.3, -0.25) is 9.59 Å². The van der Waals surface area contributed by atoms with Gasteiger partial charge in [0.05, 0.1) is 25.0 Å². The van der Waals surface area contributed by atoms with Crippen LogP contribution in [0.25, 0.3) is 0 Å². The molecule has 0 aromatic heterocycles. The Labute approximate surface area is 113 Å². The minimum absolute atomic E-state index is 0.0249. The highest BCUT2D eigenvalue weighted by atomic mass is 16.5. The summed E-state index contributed by atoms with van der Waals surface area (Å²) in [5.74, 6) is -1.47.